The maximum Gasteiger partial charge on any atom is 0.323 e. The number of hydrogen-bond acceptors (Lipinski definition) is 3. The van der Waals surface area contributed by atoms with E-state index in [1.165, 1.54) is 44.6 Å². The van der Waals surface area contributed by atoms with Gasteiger partial charge in [0.2, 0.25) is 0 Å². The molecule has 0 radical (unpaired) electrons. The van der Waals surface area contributed by atoms with Crippen molar-refractivity contribution in [1.82, 2.24) is 5.32 Å². The molecule has 2 atom stereocenters. The maximum atomic E-state index is 11.0. The summed E-state index contributed by atoms with van der Waals surface area (Å²) in [5.41, 5.74) is 2.44. The topological polar surface area (TPSA) is 69.6 Å². The highest BCUT2D eigenvalue weighted by Gasteiger charge is 2.22. The van der Waals surface area contributed by atoms with Gasteiger partial charge in [-0.25, -0.2) is 0 Å². The van der Waals surface area contributed by atoms with Crippen molar-refractivity contribution < 1.29 is 15.0 Å². The summed E-state index contributed by atoms with van der Waals surface area (Å²) >= 11 is 0. The average molecular weight is 291 g/mol. The summed E-state index contributed by atoms with van der Waals surface area (Å²) in [7, 11) is 0. The van der Waals surface area contributed by atoms with Crippen molar-refractivity contribution in [1.29, 1.82) is 0 Å². The van der Waals surface area contributed by atoms with Crippen molar-refractivity contribution in [2.45, 2.75) is 63.6 Å². The van der Waals surface area contributed by atoms with E-state index >= 15 is 0 Å². The molecule has 21 heavy (non-hydrogen) atoms. The predicted octanol–water partition coefficient (Wildman–Crippen LogP) is 2.66. The van der Waals surface area contributed by atoms with Crippen molar-refractivity contribution in [3.05, 3.63) is 35.4 Å². The highest BCUT2D eigenvalue weighted by atomic mass is 16.4. The Labute approximate surface area is 126 Å². The number of hydrogen-bond donors (Lipinski definition) is 3. The van der Waals surface area contributed by atoms with Crippen molar-refractivity contribution in [3.63, 3.8) is 0 Å². The lowest BCUT2D eigenvalue weighted by molar-refractivity contribution is -0.142. The fraction of sp³-hybridized carbons (Fsp3) is 0.588. The fourth-order valence-corrected chi connectivity index (χ4v) is 3.04. The van der Waals surface area contributed by atoms with E-state index in [1.54, 1.807) is 0 Å². The molecule has 0 bridgehead atoms. The van der Waals surface area contributed by atoms with Crippen LogP contribution in [-0.2, 0) is 11.3 Å². The molecule has 3 N–H and O–H groups in total. The van der Waals surface area contributed by atoms with Crippen LogP contribution in [0.2, 0.25) is 0 Å². The average Bonchev–Trinajstić information content (AvgIpc) is 2.48. The van der Waals surface area contributed by atoms with Crippen LogP contribution < -0.4 is 5.32 Å². The molecule has 0 unspecified atom stereocenters. The molecule has 1 aromatic carbocycles. The van der Waals surface area contributed by atoms with Crippen LogP contribution in [-0.4, -0.2) is 28.3 Å². The number of nitrogens with one attached hydrogen (secondary N) is 1. The molecule has 2 rings (SSSR count). The highest BCUT2D eigenvalue weighted by molar-refractivity contribution is 5.74. The van der Waals surface area contributed by atoms with Crippen LogP contribution in [0.4, 0.5) is 0 Å². The number of aliphatic hydroxyl groups is 1. The van der Waals surface area contributed by atoms with Crippen LogP contribution >= 0.6 is 0 Å². The zero-order chi connectivity index (χ0) is 15.2. The zero-order valence-electron chi connectivity index (χ0n) is 12.6. The smallest absolute Gasteiger partial charge is 0.323 e. The van der Waals surface area contributed by atoms with Gasteiger partial charge in [0.25, 0.3) is 0 Å². The monoisotopic (exact) mass is 291 g/mol. The Bertz CT molecular complexity index is 450. The standard InChI is InChI=1S/C17H25NO3/c1-12(19)16(17(20)21)18-11-13-7-9-15(10-8-13)14-5-3-2-4-6-14/h7-10,12,14,16,18-19H,2-6,11H2,1H3,(H,20,21)/t12-,16+/m1/s1. The van der Waals surface area contributed by atoms with E-state index in [1.807, 2.05) is 0 Å². The second-order valence-electron chi connectivity index (χ2n) is 6.01. The number of aliphatic hydroxyl groups excluding tert-OH is 1. The molecule has 0 aliphatic heterocycles. The Balaban J connectivity index is 1.91. The Morgan fingerprint density at radius 3 is 2.38 bits per heavy atom. The van der Waals surface area contributed by atoms with Gasteiger partial charge in [-0.1, -0.05) is 43.5 Å². The molecule has 0 heterocycles. The third-order valence-electron chi connectivity index (χ3n) is 4.33. The molecule has 1 saturated carbocycles. The number of carboxylic acid groups (broad SMARTS) is 1. The molecule has 0 aromatic heterocycles. The lowest BCUT2D eigenvalue weighted by Crippen LogP contribution is -2.44. The van der Waals surface area contributed by atoms with Crippen LogP contribution in [0.5, 0.6) is 0 Å². The number of rotatable bonds is 6. The molecule has 4 nitrogen and oxygen atoms in total. The van der Waals surface area contributed by atoms with Crippen LogP contribution in [0.3, 0.4) is 0 Å². The molecular weight excluding hydrogens is 266 g/mol. The molecule has 1 aliphatic rings. The summed E-state index contributed by atoms with van der Waals surface area (Å²) in [5.74, 6) is -0.339. The Morgan fingerprint density at radius 2 is 1.86 bits per heavy atom. The normalized spacial score (nSPS) is 19.1. The first-order valence-corrected chi connectivity index (χ1v) is 7.81. The van der Waals surface area contributed by atoms with Gasteiger partial charge in [0, 0.05) is 6.54 Å². The largest absolute Gasteiger partial charge is 0.480 e. The summed E-state index contributed by atoms with van der Waals surface area (Å²) in [6.07, 6.45) is 5.64. The van der Waals surface area contributed by atoms with Gasteiger partial charge < -0.3 is 10.2 Å². The highest BCUT2D eigenvalue weighted by Crippen LogP contribution is 2.32. The molecule has 0 spiro atoms. The molecule has 116 valence electrons. The lowest BCUT2D eigenvalue weighted by atomic mass is 9.84. The first kappa shape index (κ1) is 16.0. The minimum Gasteiger partial charge on any atom is -0.480 e. The molecule has 4 heteroatoms. The Morgan fingerprint density at radius 1 is 1.24 bits per heavy atom. The van der Waals surface area contributed by atoms with Gasteiger partial charge in [0.05, 0.1) is 6.10 Å². The van der Waals surface area contributed by atoms with E-state index in [4.69, 9.17) is 5.11 Å². The molecule has 1 aromatic rings. The van der Waals surface area contributed by atoms with E-state index < -0.39 is 18.1 Å². The van der Waals surface area contributed by atoms with Crippen LogP contribution in [0.1, 0.15) is 56.1 Å². The Hall–Kier alpha value is -1.39. The van der Waals surface area contributed by atoms with Gasteiger partial charge in [-0.05, 0) is 36.8 Å². The zero-order valence-corrected chi connectivity index (χ0v) is 12.6. The maximum absolute atomic E-state index is 11.0. The van der Waals surface area contributed by atoms with E-state index in [2.05, 4.69) is 29.6 Å². The molecule has 1 aliphatic carbocycles. The van der Waals surface area contributed by atoms with Gasteiger partial charge in [-0.3, -0.25) is 10.1 Å². The Kier molecular flexibility index (Phi) is 5.76. The van der Waals surface area contributed by atoms with Crippen molar-refractivity contribution in [2.75, 3.05) is 0 Å². The summed E-state index contributed by atoms with van der Waals surface area (Å²) in [6, 6.07) is 7.49. The van der Waals surface area contributed by atoms with Gasteiger partial charge in [-0.2, -0.15) is 0 Å². The number of carboxylic acids is 1. The first-order valence-electron chi connectivity index (χ1n) is 7.81. The van der Waals surface area contributed by atoms with Crippen molar-refractivity contribution in [3.8, 4) is 0 Å². The van der Waals surface area contributed by atoms with E-state index in [9.17, 15) is 9.90 Å². The minimum atomic E-state index is -1.02. The van der Waals surface area contributed by atoms with E-state index in [0.29, 0.717) is 12.5 Å². The third kappa shape index (κ3) is 4.55. The van der Waals surface area contributed by atoms with Gasteiger partial charge >= 0.3 is 5.97 Å². The van der Waals surface area contributed by atoms with Crippen molar-refractivity contribution in [2.24, 2.45) is 0 Å². The molecular formula is C17H25NO3. The van der Waals surface area contributed by atoms with Crippen LogP contribution in [0.15, 0.2) is 24.3 Å². The predicted molar refractivity (Wildman–Crippen MR) is 82.2 cm³/mol. The van der Waals surface area contributed by atoms with Crippen LogP contribution in [0, 0.1) is 0 Å². The number of carbonyl (C=O) groups is 1. The van der Waals surface area contributed by atoms with E-state index in [-0.39, 0.29) is 0 Å². The minimum absolute atomic E-state index is 0.451. The SMILES string of the molecule is C[C@@H](O)[C@H](NCc1ccc(C2CCCCC2)cc1)C(=O)O. The van der Waals surface area contributed by atoms with Crippen molar-refractivity contribution >= 4 is 5.97 Å². The summed E-state index contributed by atoms with van der Waals surface area (Å²) in [6.45, 7) is 1.94. The fourth-order valence-electron chi connectivity index (χ4n) is 3.04. The molecule has 0 saturated heterocycles. The summed E-state index contributed by atoms with van der Waals surface area (Å²) in [4.78, 5) is 11.0. The first-order chi connectivity index (χ1) is 10.1. The van der Waals surface area contributed by atoms with Crippen LogP contribution in [0.25, 0.3) is 0 Å². The summed E-state index contributed by atoms with van der Waals surface area (Å²) < 4.78 is 0. The molecule has 1 fully saturated rings. The molecule has 0 amide bonds. The van der Waals surface area contributed by atoms with Gasteiger partial charge in [-0.15, -0.1) is 0 Å². The number of benzene rings is 1. The quantitative estimate of drug-likeness (QED) is 0.753. The third-order valence-corrected chi connectivity index (χ3v) is 4.33. The number of aliphatic carboxylic acids is 1. The second-order valence-corrected chi connectivity index (χ2v) is 6.01. The van der Waals surface area contributed by atoms with Gasteiger partial charge in [0.15, 0.2) is 0 Å². The lowest BCUT2D eigenvalue weighted by Gasteiger charge is -2.22. The second kappa shape index (κ2) is 7.57. The van der Waals surface area contributed by atoms with E-state index in [0.717, 1.165) is 5.56 Å². The van der Waals surface area contributed by atoms with Gasteiger partial charge in [0.1, 0.15) is 6.04 Å². The summed E-state index contributed by atoms with van der Waals surface area (Å²) in [5, 5.41) is 21.3.